The average molecular weight is 276 g/mol. The van der Waals surface area contributed by atoms with Crippen molar-refractivity contribution in [3.8, 4) is 0 Å². The number of aryl methyl sites for hydroxylation is 2. The molecule has 3 nitrogen and oxygen atoms in total. The van der Waals surface area contributed by atoms with Crippen molar-refractivity contribution in [2.24, 2.45) is 13.0 Å². The maximum atomic E-state index is 6.19. The van der Waals surface area contributed by atoms with Gasteiger partial charge in [-0.15, -0.1) is 11.6 Å². The maximum Gasteiger partial charge on any atom is 0.0860 e. The quantitative estimate of drug-likeness (QED) is 0.857. The Hall–Kier alpha value is -0.250. The number of aromatic nitrogens is 2. The van der Waals surface area contributed by atoms with Gasteiger partial charge in [-0.2, -0.15) is 5.10 Å². The molecule has 2 rings (SSSR count). The van der Waals surface area contributed by atoms with Crippen molar-refractivity contribution in [3.05, 3.63) is 16.4 Å². The Kier molecular flexibility index (Phi) is 4.34. The lowest BCUT2D eigenvalue weighted by Gasteiger charge is -2.11. The molecule has 1 N–H and O–H groups in total. The van der Waals surface area contributed by atoms with Crippen LogP contribution in [0.3, 0.4) is 0 Å². The standard InChI is InChI=1S/C12H19Cl2N3/c1-8-12(14)11(17(2)16-8)7-15-6-9-3-4-10(13)5-9/h9-10,15H,3-7H2,1-2H3. The van der Waals surface area contributed by atoms with Gasteiger partial charge in [-0.25, -0.2) is 0 Å². The van der Waals surface area contributed by atoms with E-state index < -0.39 is 0 Å². The van der Waals surface area contributed by atoms with Gasteiger partial charge in [-0.3, -0.25) is 4.68 Å². The second-order valence-corrected chi connectivity index (χ2v) is 5.87. The van der Waals surface area contributed by atoms with Gasteiger partial charge in [0, 0.05) is 19.0 Å². The van der Waals surface area contributed by atoms with E-state index in [0.29, 0.717) is 11.3 Å². The third kappa shape index (κ3) is 3.15. The molecular weight excluding hydrogens is 257 g/mol. The highest BCUT2D eigenvalue weighted by molar-refractivity contribution is 6.31. The van der Waals surface area contributed by atoms with Crippen molar-refractivity contribution >= 4 is 23.2 Å². The minimum absolute atomic E-state index is 0.379. The first kappa shape index (κ1) is 13.2. The molecule has 0 amide bonds. The summed E-state index contributed by atoms with van der Waals surface area (Å²) in [6.07, 6.45) is 3.52. The fraction of sp³-hybridized carbons (Fsp3) is 0.750. The predicted octanol–water partition coefficient (Wildman–Crippen LogP) is 2.88. The molecule has 1 aliphatic carbocycles. The highest BCUT2D eigenvalue weighted by Crippen LogP contribution is 2.29. The summed E-state index contributed by atoms with van der Waals surface area (Å²) < 4.78 is 1.85. The van der Waals surface area contributed by atoms with Gasteiger partial charge in [-0.05, 0) is 38.6 Å². The van der Waals surface area contributed by atoms with E-state index in [9.17, 15) is 0 Å². The average Bonchev–Trinajstić information content (AvgIpc) is 2.78. The van der Waals surface area contributed by atoms with E-state index in [1.54, 1.807) is 0 Å². The Bertz CT molecular complexity index is 389. The number of nitrogens with zero attached hydrogens (tertiary/aromatic N) is 2. The summed E-state index contributed by atoms with van der Waals surface area (Å²) in [5.74, 6) is 0.714. The summed E-state index contributed by atoms with van der Waals surface area (Å²) in [7, 11) is 1.93. The summed E-state index contributed by atoms with van der Waals surface area (Å²) in [4.78, 5) is 0. The van der Waals surface area contributed by atoms with Crippen LogP contribution in [0, 0.1) is 12.8 Å². The van der Waals surface area contributed by atoms with Crippen LogP contribution in [-0.4, -0.2) is 21.7 Å². The van der Waals surface area contributed by atoms with Crippen molar-refractivity contribution in [2.75, 3.05) is 6.54 Å². The molecule has 17 heavy (non-hydrogen) atoms. The normalized spacial score (nSPS) is 24.5. The predicted molar refractivity (Wildman–Crippen MR) is 71.6 cm³/mol. The smallest absolute Gasteiger partial charge is 0.0860 e. The van der Waals surface area contributed by atoms with Crippen LogP contribution in [0.2, 0.25) is 5.02 Å². The van der Waals surface area contributed by atoms with E-state index in [2.05, 4.69) is 10.4 Å². The molecule has 0 aromatic carbocycles. The van der Waals surface area contributed by atoms with Crippen LogP contribution in [0.15, 0.2) is 0 Å². The first-order valence-electron chi connectivity index (χ1n) is 6.10. The number of alkyl halides is 1. The molecule has 1 aromatic heterocycles. The SMILES string of the molecule is Cc1nn(C)c(CNCC2CCC(Cl)C2)c1Cl. The molecule has 1 aliphatic rings. The third-order valence-corrected chi connectivity index (χ3v) is 4.35. The van der Waals surface area contributed by atoms with E-state index in [1.165, 1.54) is 6.42 Å². The zero-order valence-electron chi connectivity index (χ0n) is 10.3. The fourth-order valence-corrected chi connectivity index (χ4v) is 3.07. The highest BCUT2D eigenvalue weighted by atomic mass is 35.5. The number of hydrogen-bond donors (Lipinski definition) is 1. The monoisotopic (exact) mass is 275 g/mol. The Balaban J connectivity index is 1.82. The molecule has 0 aliphatic heterocycles. The number of hydrogen-bond acceptors (Lipinski definition) is 2. The van der Waals surface area contributed by atoms with Crippen LogP contribution in [0.5, 0.6) is 0 Å². The Morgan fingerprint density at radius 3 is 2.76 bits per heavy atom. The number of halogens is 2. The first-order valence-corrected chi connectivity index (χ1v) is 6.92. The maximum absolute atomic E-state index is 6.19. The first-order chi connectivity index (χ1) is 8.08. The minimum atomic E-state index is 0.379. The zero-order valence-corrected chi connectivity index (χ0v) is 11.9. The van der Waals surface area contributed by atoms with Gasteiger partial charge in [0.25, 0.3) is 0 Å². The summed E-state index contributed by atoms with van der Waals surface area (Å²) in [5.41, 5.74) is 1.96. The summed E-state index contributed by atoms with van der Waals surface area (Å²) >= 11 is 12.3. The van der Waals surface area contributed by atoms with Crippen LogP contribution in [0.4, 0.5) is 0 Å². The van der Waals surface area contributed by atoms with Gasteiger partial charge in [-0.1, -0.05) is 11.6 Å². The van der Waals surface area contributed by atoms with Crippen molar-refractivity contribution < 1.29 is 0 Å². The number of rotatable bonds is 4. The molecule has 0 saturated heterocycles. The van der Waals surface area contributed by atoms with Crippen molar-refractivity contribution in [2.45, 2.75) is 38.1 Å². The molecule has 1 aromatic rings. The minimum Gasteiger partial charge on any atom is -0.311 e. The van der Waals surface area contributed by atoms with Crippen LogP contribution in [0.1, 0.15) is 30.7 Å². The van der Waals surface area contributed by atoms with Crippen molar-refractivity contribution in [1.82, 2.24) is 15.1 Å². The van der Waals surface area contributed by atoms with Gasteiger partial charge < -0.3 is 5.32 Å². The Morgan fingerprint density at radius 2 is 2.24 bits per heavy atom. The fourth-order valence-electron chi connectivity index (χ4n) is 2.47. The van der Waals surface area contributed by atoms with E-state index in [-0.39, 0.29) is 0 Å². The Labute approximate surface area is 112 Å². The van der Waals surface area contributed by atoms with Gasteiger partial charge in [0.05, 0.1) is 16.4 Å². The zero-order chi connectivity index (χ0) is 12.4. The van der Waals surface area contributed by atoms with Gasteiger partial charge in [0.15, 0.2) is 0 Å². The van der Waals surface area contributed by atoms with Crippen LogP contribution in [-0.2, 0) is 13.6 Å². The lowest BCUT2D eigenvalue weighted by atomic mass is 10.1. The highest BCUT2D eigenvalue weighted by Gasteiger charge is 2.22. The van der Waals surface area contributed by atoms with Gasteiger partial charge >= 0.3 is 0 Å². The largest absolute Gasteiger partial charge is 0.311 e. The molecule has 0 radical (unpaired) electrons. The van der Waals surface area contributed by atoms with Crippen LogP contribution in [0.25, 0.3) is 0 Å². The molecule has 2 unspecified atom stereocenters. The molecular formula is C12H19Cl2N3. The van der Waals surface area contributed by atoms with Gasteiger partial charge in [0.2, 0.25) is 0 Å². The van der Waals surface area contributed by atoms with Crippen molar-refractivity contribution in [3.63, 3.8) is 0 Å². The molecule has 0 spiro atoms. The summed E-state index contributed by atoms with van der Waals surface area (Å²) in [6, 6.07) is 0. The van der Waals surface area contributed by atoms with Crippen molar-refractivity contribution in [1.29, 1.82) is 0 Å². The van der Waals surface area contributed by atoms with E-state index >= 15 is 0 Å². The second kappa shape index (κ2) is 5.59. The number of nitrogens with one attached hydrogen (secondary N) is 1. The van der Waals surface area contributed by atoms with E-state index in [4.69, 9.17) is 23.2 Å². The van der Waals surface area contributed by atoms with E-state index in [1.807, 2.05) is 18.7 Å². The molecule has 0 bridgehead atoms. The lowest BCUT2D eigenvalue weighted by Crippen LogP contribution is -2.22. The Morgan fingerprint density at radius 1 is 1.47 bits per heavy atom. The van der Waals surface area contributed by atoms with Crippen LogP contribution >= 0.6 is 23.2 Å². The molecule has 2 atom stereocenters. The molecule has 96 valence electrons. The topological polar surface area (TPSA) is 29.9 Å². The molecule has 1 fully saturated rings. The summed E-state index contributed by atoms with van der Waals surface area (Å²) in [6.45, 7) is 3.73. The van der Waals surface area contributed by atoms with Crippen LogP contribution < -0.4 is 5.32 Å². The second-order valence-electron chi connectivity index (χ2n) is 4.88. The third-order valence-electron chi connectivity index (χ3n) is 3.46. The lowest BCUT2D eigenvalue weighted by molar-refractivity contribution is 0.482. The van der Waals surface area contributed by atoms with E-state index in [0.717, 1.165) is 42.3 Å². The molecule has 1 saturated carbocycles. The summed E-state index contributed by atoms with van der Waals surface area (Å²) in [5, 5.41) is 8.91. The van der Waals surface area contributed by atoms with Gasteiger partial charge in [0.1, 0.15) is 0 Å². The molecule has 5 heteroatoms. The molecule has 1 heterocycles.